The van der Waals surface area contributed by atoms with Gasteiger partial charge in [-0.2, -0.15) is 0 Å². The van der Waals surface area contributed by atoms with Gasteiger partial charge in [0.15, 0.2) is 0 Å². The van der Waals surface area contributed by atoms with E-state index in [1.54, 1.807) is 7.11 Å². The lowest BCUT2D eigenvalue weighted by Crippen LogP contribution is -2.43. The van der Waals surface area contributed by atoms with Gasteiger partial charge in [0.1, 0.15) is 5.75 Å². The number of likely N-dealkylation sites (tertiary alicyclic amines) is 1. The standard InChI is InChI=1S/C22H25ClN2O/c1-26-17-8-9-21-19(13-17)22-18(20-3-2-11-25(20)21)10-12-24(22)14-15-4-6-16(23)7-5-15/h4-9,13,18,20,22H,2-3,10-12,14H2,1H3/t18-,20-,22-/m1/s1. The Bertz CT molecular complexity index is 806. The molecular weight excluding hydrogens is 344 g/mol. The van der Waals surface area contributed by atoms with Gasteiger partial charge in [0, 0.05) is 41.8 Å². The van der Waals surface area contributed by atoms with Gasteiger partial charge < -0.3 is 9.64 Å². The van der Waals surface area contributed by atoms with Crippen molar-refractivity contribution in [1.29, 1.82) is 0 Å². The normalized spacial score (nSPS) is 27.2. The molecule has 3 heterocycles. The fourth-order valence-corrected chi connectivity index (χ4v) is 5.54. The van der Waals surface area contributed by atoms with E-state index in [0.29, 0.717) is 12.1 Å². The van der Waals surface area contributed by atoms with E-state index in [1.165, 1.54) is 49.2 Å². The maximum Gasteiger partial charge on any atom is 0.119 e. The predicted octanol–water partition coefficient (Wildman–Crippen LogP) is 4.89. The maximum absolute atomic E-state index is 6.07. The number of hydrogen-bond donors (Lipinski definition) is 0. The van der Waals surface area contributed by atoms with Crippen molar-refractivity contribution in [2.24, 2.45) is 5.92 Å². The summed E-state index contributed by atoms with van der Waals surface area (Å²) in [5.41, 5.74) is 4.23. The van der Waals surface area contributed by atoms with Crippen molar-refractivity contribution >= 4 is 17.3 Å². The molecule has 0 N–H and O–H groups in total. The van der Waals surface area contributed by atoms with E-state index < -0.39 is 0 Å². The third-order valence-corrected chi connectivity index (χ3v) is 6.76. The summed E-state index contributed by atoms with van der Waals surface area (Å²) < 4.78 is 5.56. The van der Waals surface area contributed by atoms with Crippen molar-refractivity contribution in [2.75, 3.05) is 25.1 Å². The van der Waals surface area contributed by atoms with E-state index in [1.807, 2.05) is 12.1 Å². The van der Waals surface area contributed by atoms with E-state index in [2.05, 4.69) is 40.1 Å². The summed E-state index contributed by atoms with van der Waals surface area (Å²) in [5, 5.41) is 0.808. The first-order valence-corrected chi connectivity index (χ1v) is 10.1. The highest BCUT2D eigenvalue weighted by atomic mass is 35.5. The Morgan fingerprint density at radius 3 is 2.73 bits per heavy atom. The molecular formula is C22H25ClN2O. The van der Waals surface area contributed by atoms with Crippen LogP contribution in [-0.4, -0.2) is 31.1 Å². The molecule has 0 amide bonds. The number of fused-ring (bicyclic) bond motifs is 6. The summed E-state index contributed by atoms with van der Waals surface area (Å²) in [5.74, 6) is 1.70. The van der Waals surface area contributed by atoms with Crippen molar-refractivity contribution in [3.8, 4) is 5.75 Å². The van der Waals surface area contributed by atoms with Gasteiger partial charge in [-0.3, -0.25) is 4.90 Å². The second-order valence-corrected chi connectivity index (χ2v) is 8.26. The van der Waals surface area contributed by atoms with Crippen molar-refractivity contribution < 1.29 is 4.74 Å². The van der Waals surface area contributed by atoms with Crippen molar-refractivity contribution in [2.45, 2.75) is 37.9 Å². The highest BCUT2D eigenvalue weighted by Gasteiger charge is 2.48. The van der Waals surface area contributed by atoms with Crippen molar-refractivity contribution in [3.63, 3.8) is 0 Å². The number of ether oxygens (including phenoxy) is 1. The molecule has 0 unspecified atom stereocenters. The first-order chi connectivity index (χ1) is 12.7. The van der Waals surface area contributed by atoms with Crippen molar-refractivity contribution in [1.82, 2.24) is 4.90 Å². The van der Waals surface area contributed by atoms with Crippen LogP contribution in [-0.2, 0) is 6.54 Å². The number of halogens is 1. The number of rotatable bonds is 3. The van der Waals surface area contributed by atoms with E-state index >= 15 is 0 Å². The van der Waals surface area contributed by atoms with Crippen LogP contribution in [0.3, 0.4) is 0 Å². The van der Waals surface area contributed by atoms with Crippen LogP contribution >= 0.6 is 11.6 Å². The molecule has 26 heavy (non-hydrogen) atoms. The van der Waals surface area contributed by atoms with Gasteiger partial charge in [-0.15, -0.1) is 0 Å². The Kier molecular flexibility index (Phi) is 4.10. The van der Waals surface area contributed by atoms with Gasteiger partial charge in [0.2, 0.25) is 0 Å². The summed E-state index contributed by atoms with van der Waals surface area (Å²) in [7, 11) is 1.76. The molecule has 3 aliphatic rings. The molecule has 0 radical (unpaired) electrons. The lowest BCUT2D eigenvalue weighted by Gasteiger charge is -2.43. The summed E-state index contributed by atoms with van der Waals surface area (Å²) in [6.07, 6.45) is 3.94. The highest BCUT2D eigenvalue weighted by molar-refractivity contribution is 6.30. The minimum Gasteiger partial charge on any atom is -0.497 e. The number of hydrogen-bond acceptors (Lipinski definition) is 3. The smallest absolute Gasteiger partial charge is 0.119 e. The molecule has 5 rings (SSSR count). The van der Waals surface area contributed by atoms with Crippen molar-refractivity contribution in [3.05, 3.63) is 58.6 Å². The van der Waals surface area contributed by atoms with Crippen LogP contribution in [0, 0.1) is 5.92 Å². The zero-order valence-corrected chi connectivity index (χ0v) is 16.0. The molecule has 0 saturated carbocycles. The molecule has 136 valence electrons. The van der Waals surface area contributed by atoms with Gasteiger partial charge in [-0.1, -0.05) is 23.7 Å². The fraction of sp³-hybridized carbons (Fsp3) is 0.455. The molecule has 0 bridgehead atoms. The van der Waals surface area contributed by atoms with E-state index in [4.69, 9.17) is 16.3 Å². The zero-order chi connectivity index (χ0) is 17.7. The minimum atomic E-state index is 0.495. The molecule has 3 aliphatic heterocycles. The average molecular weight is 369 g/mol. The Labute approximate surface area is 160 Å². The SMILES string of the molecule is COc1ccc2c(c1)[C@H]1[C@H](CCN1Cc1ccc(Cl)cc1)[C@H]1CCCN21. The quantitative estimate of drug-likeness (QED) is 0.766. The van der Waals surface area contributed by atoms with Gasteiger partial charge in [0.25, 0.3) is 0 Å². The van der Waals surface area contributed by atoms with Crippen LogP contribution in [0.15, 0.2) is 42.5 Å². The third kappa shape index (κ3) is 2.60. The van der Waals surface area contributed by atoms with E-state index in [9.17, 15) is 0 Å². The molecule has 3 atom stereocenters. The molecule has 0 aromatic heterocycles. The first-order valence-electron chi connectivity index (χ1n) is 9.67. The Hall–Kier alpha value is -1.71. The van der Waals surface area contributed by atoms with Crippen LogP contribution < -0.4 is 9.64 Å². The Morgan fingerprint density at radius 2 is 1.92 bits per heavy atom. The largest absolute Gasteiger partial charge is 0.497 e. The van der Waals surface area contributed by atoms with E-state index in [-0.39, 0.29) is 0 Å². The Morgan fingerprint density at radius 1 is 1.08 bits per heavy atom. The minimum absolute atomic E-state index is 0.495. The summed E-state index contributed by atoms with van der Waals surface area (Å²) in [4.78, 5) is 5.34. The summed E-state index contributed by atoms with van der Waals surface area (Å²) in [6.45, 7) is 3.35. The van der Waals surface area contributed by atoms with Crippen LogP contribution in [0.4, 0.5) is 5.69 Å². The number of methoxy groups -OCH3 is 1. The van der Waals surface area contributed by atoms with Gasteiger partial charge in [0.05, 0.1) is 7.11 Å². The number of benzene rings is 2. The molecule has 0 spiro atoms. The highest BCUT2D eigenvalue weighted by Crippen LogP contribution is 2.52. The first kappa shape index (κ1) is 16.5. The van der Waals surface area contributed by atoms with Crippen LogP contribution in [0.2, 0.25) is 5.02 Å². The molecule has 2 fully saturated rings. The van der Waals surface area contributed by atoms with Crippen LogP contribution in [0.5, 0.6) is 5.75 Å². The molecule has 4 heteroatoms. The molecule has 0 aliphatic carbocycles. The molecule has 3 nitrogen and oxygen atoms in total. The third-order valence-electron chi connectivity index (χ3n) is 6.50. The van der Waals surface area contributed by atoms with Gasteiger partial charge in [-0.25, -0.2) is 0 Å². The van der Waals surface area contributed by atoms with Crippen LogP contribution in [0.25, 0.3) is 0 Å². The Balaban J connectivity index is 1.52. The molecule has 2 aromatic carbocycles. The number of nitrogens with zero attached hydrogens (tertiary/aromatic N) is 2. The topological polar surface area (TPSA) is 15.7 Å². The second kappa shape index (κ2) is 6.47. The van der Waals surface area contributed by atoms with E-state index in [0.717, 1.165) is 23.2 Å². The number of anilines is 1. The monoisotopic (exact) mass is 368 g/mol. The average Bonchev–Trinajstić information content (AvgIpc) is 3.30. The van der Waals surface area contributed by atoms with Crippen LogP contribution in [0.1, 0.15) is 36.4 Å². The fourth-order valence-electron chi connectivity index (χ4n) is 5.41. The molecule has 2 saturated heterocycles. The molecule has 2 aromatic rings. The summed E-state index contributed by atoms with van der Waals surface area (Å²) >= 11 is 6.07. The lowest BCUT2D eigenvalue weighted by molar-refractivity contribution is 0.199. The second-order valence-electron chi connectivity index (χ2n) is 7.82. The lowest BCUT2D eigenvalue weighted by atomic mass is 9.81. The predicted molar refractivity (Wildman–Crippen MR) is 106 cm³/mol. The maximum atomic E-state index is 6.07. The van der Waals surface area contributed by atoms with Gasteiger partial charge in [-0.05, 0) is 67.3 Å². The zero-order valence-electron chi connectivity index (χ0n) is 15.2. The summed E-state index contributed by atoms with van der Waals surface area (Å²) in [6, 6.07) is 16.2. The van der Waals surface area contributed by atoms with Gasteiger partial charge >= 0.3 is 0 Å².